The third-order valence-corrected chi connectivity index (χ3v) is 8.51. The monoisotopic (exact) mass is 586 g/mol. The topological polar surface area (TPSA) is 128 Å². The molecule has 1 spiro atoms. The Morgan fingerprint density at radius 3 is 2.24 bits per heavy atom. The number of carbonyl (C=O) groups is 2. The number of carbonyl (C=O) groups excluding carboxylic acids is 2. The molecule has 11 heteroatoms. The molecule has 10 nitrogen and oxygen atoms in total. The van der Waals surface area contributed by atoms with Gasteiger partial charge in [-0.25, -0.2) is 8.42 Å². The number of likely N-dealkylation sites (tertiary alicyclic amines) is 1. The minimum Gasteiger partial charge on any atom is -0.457 e. The van der Waals surface area contributed by atoms with Crippen LogP contribution in [0, 0.1) is 5.92 Å². The fraction of sp³-hybridized carbons (Fsp3) is 0.533. The molecule has 2 aromatic carbocycles. The average molecular weight is 587 g/mol. The van der Waals surface area contributed by atoms with E-state index >= 15 is 0 Å². The molecule has 2 atom stereocenters. The van der Waals surface area contributed by atoms with Crippen LogP contribution in [0.4, 0.5) is 5.69 Å². The maximum absolute atomic E-state index is 13.5. The molecule has 2 heterocycles. The summed E-state index contributed by atoms with van der Waals surface area (Å²) in [7, 11) is -3.33. The summed E-state index contributed by atoms with van der Waals surface area (Å²) in [6.07, 6.45) is 4.51. The van der Waals surface area contributed by atoms with E-state index < -0.39 is 21.6 Å². The third kappa shape index (κ3) is 7.78. The Kier molecular flexibility index (Phi) is 9.93. The van der Waals surface area contributed by atoms with Crippen LogP contribution < -0.4 is 14.8 Å². The molecule has 4 rings (SSSR count). The highest BCUT2D eigenvalue weighted by atomic mass is 32.2. The predicted molar refractivity (Wildman–Crippen MR) is 158 cm³/mol. The number of aliphatic hydroxyl groups excluding tert-OH is 1. The zero-order chi connectivity index (χ0) is 29.6. The molecule has 41 heavy (non-hydrogen) atoms. The maximum Gasteiger partial charge on any atom is 0.246 e. The van der Waals surface area contributed by atoms with E-state index in [2.05, 4.69) is 21.9 Å². The van der Waals surface area contributed by atoms with Crippen molar-refractivity contribution in [2.75, 3.05) is 37.2 Å². The number of unbranched alkanes of at least 4 members (excludes halogenated alkanes) is 1. The van der Waals surface area contributed by atoms with Gasteiger partial charge in [0.25, 0.3) is 0 Å². The molecule has 0 aromatic heterocycles. The minimum atomic E-state index is -3.33. The third-order valence-electron chi connectivity index (χ3n) is 7.90. The number of piperazine rings is 1. The van der Waals surface area contributed by atoms with Crippen molar-refractivity contribution in [2.24, 2.45) is 5.92 Å². The summed E-state index contributed by atoms with van der Waals surface area (Å²) in [4.78, 5) is 31.1. The van der Waals surface area contributed by atoms with Crippen LogP contribution in [0.15, 0.2) is 48.5 Å². The second kappa shape index (κ2) is 13.2. The summed E-state index contributed by atoms with van der Waals surface area (Å²) >= 11 is 0. The lowest BCUT2D eigenvalue weighted by Gasteiger charge is -2.52. The molecule has 2 amide bonds. The van der Waals surface area contributed by atoms with Crippen molar-refractivity contribution in [1.29, 1.82) is 0 Å². The highest BCUT2D eigenvalue weighted by Gasteiger charge is 2.53. The minimum absolute atomic E-state index is 0.0140. The molecular formula is C30H42N4O6S. The van der Waals surface area contributed by atoms with E-state index in [0.29, 0.717) is 56.1 Å². The van der Waals surface area contributed by atoms with Gasteiger partial charge in [0.1, 0.15) is 23.1 Å². The second-order valence-corrected chi connectivity index (χ2v) is 13.1. The van der Waals surface area contributed by atoms with Gasteiger partial charge in [-0.3, -0.25) is 19.2 Å². The normalized spacial score (nSPS) is 20.1. The smallest absolute Gasteiger partial charge is 0.246 e. The number of ether oxygens (including phenoxy) is 1. The standard InChI is InChI=1S/C30H42N4O6S/c1-4-5-16-34-28(36)27(19-22(2)21-35)31-29(37)30(34)14-17-33(18-15-30)20-23-6-10-25(11-7-23)40-26-12-8-24(9-13-26)32-41(3,38)39/h6-13,22,27,32,35H,4-5,14-21H2,1-3H3,(H,31,37)/t22?,27-/m1/s1. The van der Waals surface area contributed by atoms with Crippen molar-refractivity contribution in [1.82, 2.24) is 15.1 Å². The Bertz CT molecular complexity index is 1290. The Morgan fingerprint density at radius 1 is 1.07 bits per heavy atom. The number of amides is 2. The maximum atomic E-state index is 13.5. The lowest BCUT2D eigenvalue weighted by molar-refractivity contribution is -0.162. The summed E-state index contributed by atoms with van der Waals surface area (Å²) in [5, 5.41) is 12.5. The molecule has 2 saturated heterocycles. The Hall–Kier alpha value is -3.15. The van der Waals surface area contributed by atoms with Crippen molar-refractivity contribution in [3.05, 3.63) is 54.1 Å². The number of nitrogens with zero attached hydrogens (tertiary/aromatic N) is 2. The van der Waals surface area contributed by atoms with Crippen LogP contribution in [-0.4, -0.2) is 79.2 Å². The van der Waals surface area contributed by atoms with E-state index in [1.54, 1.807) is 24.3 Å². The zero-order valence-electron chi connectivity index (χ0n) is 24.1. The number of sulfonamides is 1. The van der Waals surface area contributed by atoms with Crippen molar-refractivity contribution in [2.45, 2.75) is 64.1 Å². The van der Waals surface area contributed by atoms with Crippen LogP contribution in [0.5, 0.6) is 11.5 Å². The molecule has 0 bridgehead atoms. The molecule has 224 valence electrons. The number of aliphatic hydroxyl groups is 1. The number of rotatable bonds is 12. The SMILES string of the molecule is CCCCN1C(=O)[C@@H](CC(C)CO)NC(=O)C12CCN(Cc1ccc(Oc3ccc(NS(C)(=O)=O)cc3)cc1)CC2. The first-order chi connectivity index (χ1) is 19.5. The largest absolute Gasteiger partial charge is 0.457 e. The molecule has 2 aromatic rings. The van der Waals surface area contributed by atoms with E-state index in [0.717, 1.165) is 31.2 Å². The summed E-state index contributed by atoms with van der Waals surface area (Å²) < 4.78 is 31.1. The first-order valence-corrected chi connectivity index (χ1v) is 16.2. The number of hydrogen-bond donors (Lipinski definition) is 3. The number of benzene rings is 2. The van der Waals surface area contributed by atoms with Gasteiger partial charge >= 0.3 is 0 Å². The lowest BCUT2D eigenvalue weighted by atomic mass is 9.80. The highest BCUT2D eigenvalue weighted by Crippen LogP contribution is 2.35. The van der Waals surface area contributed by atoms with Gasteiger partial charge in [-0.05, 0) is 73.6 Å². The summed E-state index contributed by atoms with van der Waals surface area (Å²) in [6.45, 7) is 6.66. The fourth-order valence-corrected chi connectivity index (χ4v) is 6.16. The van der Waals surface area contributed by atoms with E-state index in [1.165, 1.54) is 0 Å². The lowest BCUT2D eigenvalue weighted by Crippen LogP contribution is -2.73. The summed E-state index contributed by atoms with van der Waals surface area (Å²) in [5.74, 6) is 1.12. The molecule has 0 aliphatic carbocycles. The van der Waals surface area contributed by atoms with Crippen molar-refractivity contribution in [3.8, 4) is 11.5 Å². The van der Waals surface area contributed by atoms with Gasteiger partial charge < -0.3 is 20.1 Å². The molecule has 2 aliphatic rings. The van der Waals surface area contributed by atoms with Crippen LogP contribution in [0.25, 0.3) is 0 Å². The number of hydrogen-bond acceptors (Lipinski definition) is 7. The van der Waals surface area contributed by atoms with E-state index in [1.807, 2.05) is 36.1 Å². The quantitative estimate of drug-likeness (QED) is 0.348. The van der Waals surface area contributed by atoms with Gasteiger partial charge in [0.05, 0.1) is 6.26 Å². The van der Waals surface area contributed by atoms with Crippen LogP contribution >= 0.6 is 0 Å². The Morgan fingerprint density at radius 2 is 1.68 bits per heavy atom. The van der Waals surface area contributed by atoms with Crippen molar-refractivity contribution >= 4 is 27.5 Å². The van der Waals surface area contributed by atoms with Gasteiger partial charge in [0.15, 0.2) is 0 Å². The van der Waals surface area contributed by atoms with Crippen LogP contribution in [0.3, 0.4) is 0 Å². The second-order valence-electron chi connectivity index (χ2n) is 11.3. The van der Waals surface area contributed by atoms with Crippen molar-refractivity contribution < 1.29 is 27.9 Å². The van der Waals surface area contributed by atoms with Crippen LogP contribution in [0.2, 0.25) is 0 Å². The van der Waals surface area contributed by atoms with Gasteiger partial charge in [-0.2, -0.15) is 0 Å². The van der Waals surface area contributed by atoms with Gasteiger partial charge in [-0.15, -0.1) is 0 Å². The van der Waals surface area contributed by atoms with Crippen molar-refractivity contribution in [3.63, 3.8) is 0 Å². The fourth-order valence-electron chi connectivity index (χ4n) is 5.59. The van der Waals surface area contributed by atoms with E-state index in [9.17, 15) is 23.1 Å². The summed E-state index contributed by atoms with van der Waals surface area (Å²) in [5.41, 5.74) is 0.774. The number of anilines is 1. The molecule has 1 unspecified atom stereocenters. The number of piperidine rings is 1. The Balaban J connectivity index is 1.35. The molecule has 2 aliphatic heterocycles. The molecule has 2 fully saturated rings. The highest BCUT2D eigenvalue weighted by molar-refractivity contribution is 7.92. The Labute approximate surface area is 243 Å². The molecule has 0 radical (unpaired) electrons. The van der Waals surface area contributed by atoms with Gasteiger partial charge in [0, 0.05) is 38.5 Å². The van der Waals surface area contributed by atoms with Crippen LogP contribution in [0.1, 0.15) is 51.5 Å². The molecule has 3 N–H and O–H groups in total. The molecule has 0 saturated carbocycles. The van der Waals surface area contributed by atoms with Crippen LogP contribution in [-0.2, 0) is 26.2 Å². The van der Waals surface area contributed by atoms with E-state index in [-0.39, 0.29) is 24.3 Å². The summed E-state index contributed by atoms with van der Waals surface area (Å²) in [6, 6.07) is 13.9. The number of nitrogens with one attached hydrogen (secondary N) is 2. The van der Waals surface area contributed by atoms with Gasteiger partial charge in [0.2, 0.25) is 21.8 Å². The first kappa shape index (κ1) is 30.8. The van der Waals surface area contributed by atoms with E-state index in [4.69, 9.17) is 4.74 Å². The van der Waals surface area contributed by atoms with Gasteiger partial charge in [-0.1, -0.05) is 32.4 Å². The zero-order valence-corrected chi connectivity index (χ0v) is 25.0. The average Bonchev–Trinajstić information content (AvgIpc) is 2.94. The first-order valence-electron chi connectivity index (χ1n) is 14.3. The molecular weight excluding hydrogens is 544 g/mol. The predicted octanol–water partition coefficient (Wildman–Crippen LogP) is 3.33.